The number of terminal acetylenes is 1. The van der Waals surface area contributed by atoms with E-state index >= 15 is 0 Å². The van der Waals surface area contributed by atoms with Crippen molar-refractivity contribution in [2.24, 2.45) is 0 Å². The van der Waals surface area contributed by atoms with Crippen molar-refractivity contribution in [3.8, 4) is 12.3 Å². The number of rotatable bonds is 4. The van der Waals surface area contributed by atoms with Crippen molar-refractivity contribution in [3.63, 3.8) is 0 Å². The Morgan fingerprint density at radius 2 is 2.46 bits per heavy atom. The molecule has 1 heterocycles. The van der Waals surface area contributed by atoms with Gasteiger partial charge in [-0.1, -0.05) is 0 Å². The van der Waals surface area contributed by atoms with Crippen molar-refractivity contribution in [2.45, 2.75) is 44.2 Å². The van der Waals surface area contributed by atoms with Crippen molar-refractivity contribution >= 4 is 0 Å². The second-order valence-electron chi connectivity index (χ2n) is 3.62. The minimum Gasteiger partial charge on any atom is -0.378 e. The molecule has 1 saturated heterocycles. The molecule has 0 spiro atoms. The Morgan fingerprint density at radius 1 is 1.62 bits per heavy atom. The van der Waals surface area contributed by atoms with E-state index in [0.717, 1.165) is 19.4 Å². The lowest BCUT2D eigenvalue weighted by molar-refractivity contribution is 0.00595. The summed E-state index contributed by atoms with van der Waals surface area (Å²) in [5.41, 5.74) is 0. The Labute approximate surface area is 81.0 Å². The molecule has 1 fully saturated rings. The number of hydrogen-bond acceptors (Lipinski definition) is 2. The van der Waals surface area contributed by atoms with Gasteiger partial charge in [0, 0.05) is 19.1 Å². The smallest absolute Gasteiger partial charge is 0.0590 e. The summed E-state index contributed by atoms with van der Waals surface area (Å²) in [6, 6.07) is 0.424. The van der Waals surface area contributed by atoms with Crippen LogP contribution in [0.25, 0.3) is 0 Å². The zero-order chi connectivity index (χ0) is 9.52. The summed E-state index contributed by atoms with van der Waals surface area (Å²) in [6.45, 7) is 0.928. The predicted molar refractivity (Wildman–Crippen MR) is 54.5 cm³/mol. The molecular weight excluding hydrogens is 162 g/mol. The molecule has 0 radical (unpaired) electrons. The highest BCUT2D eigenvalue weighted by Crippen LogP contribution is 2.17. The first kappa shape index (κ1) is 10.6. The van der Waals surface area contributed by atoms with Crippen molar-refractivity contribution in [2.75, 3.05) is 13.7 Å². The highest BCUT2D eigenvalue weighted by Gasteiger charge is 2.17. The summed E-state index contributed by atoms with van der Waals surface area (Å²) in [5, 5.41) is 3.23. The Bertz CT molecular complexity index is 167. The summed E-state index contributed by atoms with van der Waals surface area (Å²) in [6.07, 6.45) is 11.3. The topological polar surface area (TPSA) is 21.3 Å². The van der Waals surface area contributed by atoms with Crippen LogP contribution in [0.1, 0.15) is 32.1 Å². The van der Waals surface area contributed by atoms with Gasteiger partial charge in [-0.05, 0) is 32.7 Å². The molecule has 2 atom stereocenters. The average molecular weight is 181 g/mol. The van der Waals surface area contributed by atoms with Crippen molar-refractivity contribution < 1.29 is 4.74 Å². The first-order valence-electron chi connectivity index (χ1n) is 5.09. The zero-order valence-corrected chi connectivity index (χ0v) is 8.38. The van der Waals surface area contributed by atoms with Crippen LogP contribution in [0.4, 0.5) is 0 Å². The molecule has 0 amide bonds. The third kappa shape index (κ3) is 3.80. The third-order valence-corrected chi connectivity index (χ3v) is 2.59. The van der Waals surface area contributed by atoms with Gasteiger partial charge in [0.2, 0.25) is 0 Å². The lowest BCUT2D eigenvalue weighted by Gasteiger charge is -2.25. The van der Waals surface area contributed by atoms with E-state index < -0.39 is 0 Å². The molecule has 74 valence electrons. The summed E-state index contributed by atoms with van der Waals surface area (Å²) < 4.78 is 5.65. The van der Waals surface area contributed by atoms with Gasteiger partial charge in [0.1, 0.15) is 0 Å². The van der Waals surface area contributed by atoms with Gasteiger partial charge in [-0.3, -0.25) is 0 Å². The first-order chi connectivity index (χ1) is 6.36. The van der Waals surface area contributed by atoms with Crippen LogP contribution in [0.5, 0.6) is 0 Å². The van der Waals surface area contributed by atoms with Gasteiger partial charge in [-0.25, -0.2) is 0 Å². The van der Waals surface area contributed by atoms with Crippen molar-refractivity contribution in [1.29, 1.82) is 0 Å². The minimum absolute atomic E-state index is 0.424. The van der Waals surface area contributed by atoms with E-state index in [0.29, 0.717) is 12.1 Å². The maximum absolute atomic E-state index is 5.65. The molecule has 2 heteroatoms. The Morgan fingerprint density at radius 3 is 3.00 bits per heavy atom. The fourth-order valence-corrected chi connectivity index (χ4v) is 1.76. The molecule has 2 unspecified atom stereocenters. The third-order valence-electron chi connectivity index (χ3n) is 2.59. The highest BCUT2D eigenvalue weighted by molar-refractivity contribution is 4.90. The van der Waals surface area contributed by atoms with Crippen LogP contribution < -0.4 is 5.32 Å². The lowest BCUT2D eigenvalue weighted by Crippen LogP contribution is -2.32. The molecule has 0 aromatic carbocycles. The largest absolute Gasteiger partial charge is 0.378 e. The summed E-state index contributed by atoms with van der Waals surface area (Å²) in [4.78, 5) is 0. The van der Waals surface area contributed by atoms with Crippen LogP contribution in [0.3, 0.4) is 0 Å². The number of ether oxygens (including phenoxy) is 1. The van der Waals surface area contributed by atoms with E-state index in [1.807, 2.05) is 7.05 Å². The first-order valence-corrected chi connectivity index (χ1v) is 5.09. The predicted octanol–water partition coefficient (Wildman–Crippen LogP) is 1.56. The van der Waals surface area contributed by atoms with Gasteiger partial charge >= 0.3 is 0 Å². The molecule has 13 heavy (non-hydrogen) atoms. The van der Waals surface area contributed by atoms with Crippen LogP contribution in [-0.4, -0.2) is 25.8 Å². The molecule has 1 aliphatic rings. The molecule has 0 aromatic rings. The summed E-state index contributed by atoms with van der Waals surface area (Å²) in [7, 11) is 1.96. The summed E-state index contributed by atoms with van der Waals surface area (Å²) >= 11 is 0. The maximum atomic E-state index is 5.65. The molecule has 0 saturated carbocycles. The Balaban J connectivity index is 2.23. The van der Waals surface area contributed by atoms with E-state index in [9.17, 15) is 0 Å². The molecule has 1 rings (SSSR count). The van der Waals surface area contributed by atoms with Crippen LogP contribution in [0.2, 0.25) is 0 Å². The molecule has 0 aliphatic carbocycles. The minimum atomic E-state index is 0.424. The monoisotopic (exact) mass is 181 g/mol. The lowest BCUT2D eigenvalue weighted by atomic mass is 10.0. The molecule has 1 N–H and O–H groups in total. The van der Waals surface area contributed by atoms with E-state index in [1.165, 1.54) is 19.3 Å². The zero-order valence-electron chi connectivity index (χ0n) is 8.38. The quantitative estimate of drug-likeness (QED) is 0.664. The summed E-state index contributed by atoms with van der Waals surface area (Å²) in [5.74, 6) is 2.69. The standard InChI is InChI=1S/C11H19NO/c1-3-6-10(12-2)9-11-7-4-5-8-13-11/h1,10-12H,4-9H2,2H3. The van der Waals surface area contributed by atoms with E-state index in [2.05, 4.69) is 11.2 Å². The second kappa shape index (κ2) is 6.01. The van der Waals surface area contributed by atoms with Gasteiger partial charge in [-0.15, -0.1) is 12.3 Å². The van der Waals surface area contributed by atoms with Gasteiger partial charge in [0.05, 0.1) is 6.10 Å². The van der Waals surface area contributed by atoms with Crippen LogP contribution in [0.15, 0.2) is 0 Å². The van der Waals surface area contributed by atoms with Crippen LogP contribution in [0, 0.1) is 12.3 Å². The van der Waals surface area contributed by atoms with Gasteiger partial charge in [0.25, 0.3) is 0 Å². The fraction of sp³-hybridized carbons (Fsp3) is 0.818. The highest BCUT2D eigenvalue weighted by atomic mass is 16.5. The SMILES string of the molecule is C#CCC(CC1CCCCO1)NC. The van der Waals surface area contributed by atoms with Gasteiger partial charge in [0.15, 0.2) is 0 Å². The van der Waals surface area contributed by atoms with Crippen molar-refractivity contribution in [1.82, 2.24) is 5.32 Å². The second-order valence-corrected chi connectivity index (χ2v) is 3.62. The molecule has 2 nitrogen and oxygen atoms in total. The Hall–Kier alpha value is -0.520. The number of nitrogens with one attached hydrogen (secondary N) is 1. The molecular formula is C11H19NO. The molecule has 1 aliphatic heterocycles. The Kier molecular flexibility index (Phi) is 4.88. The van der Waals surface area contributed by atoms with E-state index in [4.69, 9.17) is 11.2 Å². The number of hydrogen-bond donors (Lipinski definition) is 1. The van der Waals surface area contributed by atoms with Crippen LogP contribution >= 0.6 is 0 Å². The van der Waals surface area contributed by atoms with E-state index in [-0.39, 0.29) is 0 Å². The fourth-order valence-electron chi connectivity index (χ4n) is 1.76. The normalized spacial score (nSPS) is 25.1. The maximum Gasteiger partial charge on any atom is 0.0590 e. The average Bonchev–Trinajstić information content (AvgIpc) is 2.19. The molecule has 0 aromatic heterocycles. The van der Waals surface area contributed by atoms with Crippen molar-refractivity contribution in [3.05, 3.63) is 0 Å². The molecule has 0 bridgehead atoms. The van der Waals surface area contributed by atoms with Gasteiger partial charge in [-0.2, -0.15) is 0 Å². The van der Waals surface area contributed by atoms with Crippen LogP contribution in [-0.2, 0) is 4.74 Å². The van der Waals surface area contributed by atoms with Gasteiger partial charge < -0.3 is 10.1 Å². The van der Waals surface area contributed by atoms with E-state index in [1.54, 1.807) is 0 Å².